The Kier molecular flexibility index (Phi) is 10.0. The largest absolute Gasteiger partial charge is 0.493 e. The van der Waals surface area contributed by atoms with Crippen LogP contribution in [0.1, 0.15) is 38.2 Å². The number of carbonyl (C=O) groups excluding carboxylic acids is 1. The topological polar surface area (TPSA) is 133 Å². The fourth-order valence-corrected chi connectivity index (χ4v) is 6.21. The molecular formula is C27H36N2O9S. The average Bonchev–Trinajstić information content (AvgIpc) is 3.44. The minimum atomic E-state index is -4.29. The number of nitrogens with one attached hydrogen (secondary N) is 1. The van der Waals surface area contributed by atoms with Gasteiger partial charge in [-0.15, -0.1) is 0 Å². The lowest BCUT2D eigenvalue weighted by Crippen LogP contribution is -2.56. The van der Waals surface area contributed by atoms with E-state index in [1.54, 1.807) is 30.3 Å². The highest BCUT2D eigenvalue weighted by molar-refractivity contribution is 7.89. The molecule has 1 saturated heterocycles. The Balaban J connectivity index is 1.65. The molecule has 12 heteroatoms. The Bertz CT molecular complexity index is 1180. The van der Waals surface area contributed by atoms with E-state index in [4.69, 9.17) is 23.7 Å². The molecule has 0 radical (unpaired) electrons. The van der Waals surface area contributed by atoms with E-state index >= 15 is 0 Å². The number of aliphatic hydroxyl groups is 1. The van der Waals surface area contributed by atoms with Crippen molar-refractivity contribution in [3.63, 3.8) is 0 Å². The third-order valence-electron chi connectivity index (χ3n) is 6.60. The molecule has 214 valence electrons. The summed E-state index contributed by atoms with van der Waals surface area (Å²) in [5.74, 6) is 0.740. The summed E-state index contributed by atoms with van der Waals surface area (Å²) in [5, 5.41) is 13.2. The molecule has 1 aliphatic carbocycles. The quantitative estimate of drug-likeness (QED) is 0.395. The third-order valence-corrected chi connectivity index (χ3v) is 8.42. The third kappa shape index (κ3) is 7.61. The first-order valence-electron chi connectivity index (χ1n) is 13.0. The number of alkyl carbamates (subject to hydrolysis) is 1. The second-order valence-corrected chi connectivity index (χ2v) is 11.5. The predicted octanol–water partition coefficient (Wildman–Crippen LogP) is 3.01. The summed E-state index contributed by atoms with van der Waals surface area (Å²) >= 11 is 0. The maximum absolute atomic E-state index is 14.1. The van der Waals surface area contributed by atoms with Crippen molar-refractivity contribution in [2.45, 2.75) is 68.5 Å². The summed E-state index contributed by atoms with van der Waals surface area (Å²) in [6.45, 7) is 1.67. The number of sulfonamides is 1. The molecule has 2 N–H and O–H groups in total. The monoisotopic (exact) mass is 564 g/mol. The van der Waals surface area contributed by atoms with E-state index in [2.05, 4.69) is 5.32 Å². The van der Waals surface area contributed by atoms with Gasteiger partial charge in [0.1, 0.15) is 13.0 Å². The van der Waals surface area contributed by atoms with E-state index in [1.165, 1.54) is 26.2 Å². The normalized spacial score (nSPS) is 18.5. The van der Waals surface area contributed by atoms with Gasteiger partial charge in [-0.1, -0.05) is 30.3 Å². The van der Waals surface area contributed by atoms with Gasteiger partial charge in [-0.3, -0.25) is 0 Å². The van der Waals surface area contributed by atoms with Crippen LogP contribution in [-0.2, 0) is 30.8 Å². The Hall–Kier alpha value is -2.90. The first-order valence-corrected chi connectivity index (χ1v) is 14.4. The standard InChI is InChI=1S/C27H36N2O9S/c1-19(30)26(28-27(31)38-22-16-35-18-36-17-22)29(15-20-8-4-3-5-9-20)39(32,33)23-12-13-24(34-2)25(14-23)37-21-10-6-7-11-21/h3-5,8-9,12-14,19,21-22,26,30H,6-7,10-11,15-18H2,1-2H3,(H,28,31)/t19-,26+/m1/s1. The second kappa shape index (κ2) is 13.4. The molecule has 4 rings (SSSR count). The van der Waals surface area contributed by atoms with E-state index in [0.29, 0.717) is 17.1 Å². The lowest BCUT2D eigenvalue weighted by Gasteiger charge is -2.34. The van der Waals surface area contributed by atoms with Crippen molar-refractivity contribution in [1.82, 2.24) is 9.62 Å². The van der Waals surface area contributed by atoms with Crippen LogP contribution in [0.2, 0.25) is 0 Å². The Labute approximate surface area is 229 Å². The highest BCUT2D eigenvalue weighted by atomic mass is 32.2. The van der Waals surface area contributed by atoms with Gasteiger partial charge in [0.05, 0.1) is 37.4 Å². The molecule has 2 aromatic carbocycles. The van der Waals surface area contributed by atoms with Crippen LogP contribution in [0.4, 0.5) is 4.79 Å². The zero-order chi connectivity index (χ0) is 27.8. The van der Waals surface area contributed by atoms with E-state index in [0.717, 1.165) is 30.0 Å². The highest BCUT2D eigenvalue weighted by Crippen LogP contribution is 2.35. The van der Waals surface area contributed by atoms with E-state index in [-0.39, 0.29) is 37.6 Å². The summed E-state index contributed by atoms with van der Waals surface area (Å²) in [6.07, 6.45) is -0.373. The molecular weight excluding hydrogens is 528 g/mol. The SMILES string of the molecule is COc1ccc(S(=O)(=O)N(Cc2ccccc2)[C@H](NC(=O)OC2COCOC2)[C@@H](C)O)cc1OC1CCCC1. The molecule has 0 unspecified atom stereocenters. The van der Waals surface area contributed by atoms with Gasteiger partial charge in [0, 0.05) is 12.6 Å². The van der Waals surface area contributed by atoms with Crippen LogP contribution >= 0.6 is 0 Å². The van der Waals surface area contributed by atoms with Crippen molar-refractivity contribution in [3.8, 4) is 11.5 Å². The van der Waals surface area contributed by atoms with Crippen LogP contribution in [0, 0.1) is 0 Å². The molecule has 1 saturated carbocycles. The second-order valence-electron chi connectivity index (χ2n) is 9.59. The smallest absolute Gasteiger partial charge is 0.408 e. The summed E-state index contributed by atoms with van der Waals surface area (Å²) in [6, 6.07) is 13.3. The van der Waals surface area contributed by atoms with E-state index in [1.807, 2.05) is 6.07 Å². The number of hydrogen-bond acceptors (Lipinski definition) is 9. The number of aliphatic hydroxyl groups excluding tert-OH is 1. The first kappa shape index (κ1) is 29.1. The van der Waals surface area contributed by atoms with Gasteiger partial charge in [0.2, 0.25) is 10.0 Å². The van der Waals surface area contributed by atoms with Crippen molar-refractivity contribution in [2.75, 3.05) is 27.1 Å². The van der Waals surface area contributed by atoms with Gasteiger partial charge in [-0.05, 0) is 50.3 Å². The van der Waals surface area contributed by atoms with Crippen molar-refractivity contribution >= 4 is 16.1 Å². The maximum atomic E-state index is 14.1. The average molecular weight is 565 g/mol. The summed E-state index contributed by atoms with van der Waals surface area (Å²) < 4.78 is 56.5. The zero-order valence-electron chi connectivity index (χ0n) is 22.2. The lowest BCUT2D eigenvalue weighted by atomic mass is 10.2. The summed E-state index contributed by atoms with van der Waals surface area (Å²) in [7, 11) is -2.79. The van der Waals surface area contributed by atoms with Crippen molar-refractivity contribution in [3.05, 3.63) is 54.1 Å². The number of amides is 1. The first-order chi connectivity index (χ1) is 18.8. The minimum absolute atomic E-state index is 0.0216. The molecule has 2 fully saturated rings. The van der Waals surface area contributed by atoms with Crippen LogP contribution in [0.15, 0.2) is 53.4 Å². The Morgan fingerprint density at radius 1 is 1.08 bits per heavy atom. The fourth-order valence-electron chi connectivity index (χ4n) is 4.60. The minimum Gasteiger partial charge on any atom is -0.493 e. The van der Waals surface area contributed by atoms with Gasteiger partial charge in [0.15, 0.2) is 17.6 Å². The number of methoxy groups -OCH3 is 1. The predicted molar refractivity (Wildman–Crippen MR) is 141 cm³/mol. The molecule has 2 aromatic rings. The number of ether oxygens (including phenoxy) is 5. The van der Waals surface area contributed by atoms with Crippen LogP contribution in [0.3, 0.4) is 0 Å². The molecule has 0 bridgehead atoms. The number of carbonyl (C=O) groups is 1. The molecule has 1 amide bonds. The van der Waals surface area contributed by atoms with Gasteiger partial charge in [0.25, 0.3) is 0 Å². The van der Waals surface area contributed by atoms with Crippen molar-refractivity contribution in [2.24, 2.45) is 0 Å². The molecule has 1 aliphatic heterocycles. The van der Waals surface area contributed by atoms with Gasteiger partial charge in [-0.2, -0.15) is 4.31 Å². The van der Waals surface area contributed by atoms with Crippen molar-refractivity contribution in [1.29, 1.82) is 0 Å². The number of rotatable bonds is 11. The molecule has 2 aliphatic rings. The highest BCUT2D eigenvalue weighted by Gasteiger charge is 2.37. The van der Waals surface area contributed by atoms with Crippen molar-refractivity contribution < 1.29 is 42.0 Å². The summed E-state index contributed by atoms with van der Waals surface area (Å²) in [4.78, 5) is 12.7. The van der Waals surface area contributed by atoms with Crippen LogP contribution in [0.25, 0.3) is 0 Å². The van der Waals surface area contributed by atoms with Crippen LogP contribution in [-0.4, -0.2) is 75.5 Å². The van der Waals surface area contributed by atoms with Gasteiger partial charge < -0.3 is 34.1 Å². The Morgan fingerprint density at radius 3 is 2.41 bits per heavy atom. The lowest BCUT2D eigenvalue weighted by molar-refractivity contribution is -0.152. The number of nitrogens with zero attached hydrogens (tertiary/aromatic N) is 1. The molecule has 2 atom stereocenters. The number of hydrogen-bond donors (Lipinski definition) is 2. The molecule has 0 aromatic heterocycles. The molecule has 0 spiro atoms. The summed E-state index contributed by atoms with van der Waals surface area (Å²) in [5.41, 5.74) is 0.659. The zero-order valence-corrected chi connectivity index (χ0v) is 23.0. The maximum Gasteiger partial charge on any atom is 0.408 e. The molecule has 11 nitrogen and oxygen atoms in total. The van der Waals surface area contributed by atoms with Crippen LogP contribution in [0.5, 0.6) is 11.5 Å². The van der Waals surface area contributed by atoms with E-state index < -0.39 is 34.5 Å². The van der Waals surface area contributed by atoms with E-state index in [9.17, 15) is 18.3 Å². The van der Waals surface area contributed by atoms with Gasteiger partial charge in [-0.25, -0.2) is 13.2 Å². The van der Waals surface area contributed by atoms with Gasteiger partial charge >= 0.3 is 6.09 Å². The molecule has 39 heavy (non-hydrogen) atoms. The number of benzene rings is 2. The fraction of sp³-hybridized carbons (Fsp3) is 0.519. The molecule has 1 heterocycles. The van der Waals surface area contributed by atoms with Crippen LogP contribution < -0.4 is 14.8 Å². The Morgan fingerprint density at radius 2 is 1.77 bits per heavy atom.